The second-order valence-electron chi connectivity index (χ2n) is 4.69. The summed E-state index contributed by atoms with van der Waals surface area (Å²) in [6.07, 6.45) is 3.69. The molecule has 0 amide bonds. The number of nitrogens with zero attached hydrogens (tertiary/aromatic N) is 3. The van der Waals surface area contributed by atoms with Crippen molar-refractivity contribution >= 4 is 27.3 Å². The summed E-state index contributed by atoms with van der Waals surface area (Å²) in [6.45, 7) is 4.59. The molecule has 0 fully saturated rings. The molecule has 1 aromatic carbocycles. The van der Waals surface area contributed by atoms with Crippen LogP contribution in [-0.2, 0) is 6.54 Å². The lowest BCUT2D eigenvalue weighted by Gasteiger charge is -2.06. The largest absolute Gasteiger partial charge is 0.375 e. The molecule has 0 atom stereocenters. The molecule has 0 unspecified atom stereocenters. The van der Waals surface area contributed by atoms with Gasteiger partial charge in [0.15, 0.2) is 0 Å². The molecular formula is C13H15BrN4O2. The Kier molecular flexibility index (Phi) is 4.39. The van der Waals surface area contributed by atoms with Gasteiger partial charge in [0.25, 0.3) is 5.69 Å². The van der Waals surface area contributed by atoms with Crippen LogP contribution < -0.4 is 5.32 Å². The minimum atomic E-state index is -0.398. The predicted octanol–water partition coefficient (Wildman–Crippen LogP) is 3.75. The Morgan fingerprint density at radius 1 is 1.50 bits per heavy atom. The summed E-state index contributed by atoms with van der Waals surface area (Å²) in [6, 6.07) is 5.24. The maximum absolute atomic E-state index is 11.0. The van der Waals surface area contributed by atoms with E-state index in [1.54, 1.807) is 18.3 Å². The number of nitro benzene ring substituents is 1. The molecule has 7 heteroatoms. The molecule has 0 aliphatic heterocycles. The molecule has 1 aromatic heterocycles. The van der Waals surface area contributed by atoms with Gasteiger partial charge in [-0.3, -0.25) is 14.8 Å². The van der Waals surface area contributed by atoms with Crippen LogP contribution in [0.15, 0.2) is 35.1 Å². The van der Waals surface area contributed by atoms with Crippen molar-refractivity contribution in [1.82, 2.24) is 9.78 Å². The molecule has 2 rings (SSSR count). The number of rotatable bonds is 5. The fourth-order valence-corrected chi connectivity index (χ4v) is 2.10. The highest BCUT2D eigenvalue weighted by atomic mass is 79.9. The maximum Gasteiger partial charge on any atom is 0.293 e. The van der Waals surface area contributed by atoms with Gasteiger partial charge in [-0.25, -0.2) is 0 Å². The monoisotopic (exact) mass is 338 g/mol. The van der Waals surface area contributed by atoms with Gasteiger partial charge in [-0.05, 0) is 26.0 Å². The molecule has 0 bridgehead atoms. The normalized spacial score (nSPS) is 10.8. The van der Waals surface area contributed by atoms with E-state index in [2.05, 4.69) is 26.3 Å². The number of nitro groups is 1. The number of anilines is 1. The van der Waals surface area contributed by atoms with Gasteiger partial charge >= 0.3 is 0 Å². The van der Waals surface area contributed by atoms with Crippen LogP contribution in [0, 0.1) is 10.1 Å². The van der Waals surface area contributed by atoms with E-state index >= 15 is 0 Å². The smallest absolute Gasteiger partial charge is 0.293 e. The first-order valence-corrected chi connectivity index (χ1v) is 6.97. The summed E-state index contributed by atoms with van der Waals surface area (Å²) in [7, 11) is 0. The maximum atomic E-state index is 11.0. The Hall–Kier alpha value is -1.89. The summed E-state index contributed by atoms with van der Waals surface area (Å²) < 4.78 is 2.54. The van der Waals surface area contributed by atoms with Crippen LogP contribution in [-0.4, -0.2) is 14.7 Å². The van der Waals surface area contributed by atoms with Crippen molar-refractivity contribution in [3.05, 3.63) is 50.7 Å². The average Bonchev–Trinajstić information content (AvgIpc) is 2.86. The van der Waals surface area contributed by atoms with Crippen LogP contribution in [0.3, 0.4) is 0 Å². The van der Waals surface area contributed by atoms with E-state index in [0.29, 0.717) is 22.7 Å². The topological polar surface area (TPSA) is 73.0 Å². The molecule has 20 heavy (non-hydrogen) atoms. The van der Waals surface area contributed by atoms with Gasteiger partial charge in [0.2, 0.25) is 0 Å². The third-order valence-corrected chi connectivity index (χ3v) is 3.32. The van der Waals surface area contributed by atoms with Crippen LogP contribution in [0.1, 0.15) is 25.5 Å². The number of nitrogens with one attached hydrogen (secondary N) is 1. The average molecular weight is 339 g/mol. The highest BCUT2D eigenvalue weighted by molar-refractivity contribution is 9.10. The van der Waals surface area contributed by atoms with Gasteiger partial charge in [-0.1, -0.05) is 15.9 Å². The lowest BCUT2D eigenvalue weighted by atomic mass is 10.2. The summed E-state index contributed by atoms with van der Waals surface area (Å²) in [5.74, 6) is 0. The highest BCUT2D eigenvalue weighted by Gasteiger charge is 2.14. The number of hydrogen-bond acceptors (Lipinski definition) is 4. The molecule has 2 aromatic rings. The Morgan fingerprint density at radius 2 is 2.25 bits per heavy atom. The first-order valence-electron chi connectivity index (χ1n) is 6.18. The minimum absolute atomic E-state index is 0.0515. The standard InChI is InChI=1S/C13H15BrN4O2/c1-9(2)17-8-10(7-16-17)6-15-12-4-3-11(14)5-13(12)18(19)20/h3-5,7-9,15H,6H2,1-2H3. The van der Waals surface area contributed by atoms with Crippen LogP contribution in [0.5, 0.6) is 0 Å². The van der Waals surface area contributed by atoms with E-state index in [0.717, 1.165) is 5.56 Å². The second kappa shape index (κ2) is 6.04. The fourth-order valence-electron chi connectivity index (χ4n) is 1.75. The van der Waals surface area contributed by atoms with Crippen LogP contribution in [0.2, 0.25) is 0 Å². The number of benzene rings is 1. The molecular weight excluding hydrogens is 324 g/mol. The van der Waals surface area contributed by atoms with Gasteiger partial charge in [-0.2, -0.15) is 5.10 Å². The summed E-state index contributed by atoms with van der Waals surface area (Å²) >= 11 is 3.23. The fraction of sp³-hybridized carbons (Fsp3) is 0.308. The van der Waals surface area contributed by atoms with Crippen LogP contribution >= 0.6 is 15.9 Å². The number of aromatic nitrogens is 2. The van der Waals surface area contributed by atoms with Crippen molar-refractivity contribution < 1.29 is 4.92 Å². The Labute approximate surface area is 125 Å². The van der Waals surface area contributed by atoms with Gasteiger partial charge < -0.3 is 5.32 Å². The molecule has 1 heterocycles. The van der Waals surface area contributed by atoms with Crippen molar-refractivity contribution in [2.75, 3.05) is 5.32 Å². The van der Waals surface area contributed by atoms with Crippen molar-refractivity contribution in [2.24, 2.45) is 0 Å². The molecule has 0 saturated heterocycles. The van der Waals surface area contributed by atoms with E-state index in [9.17, 15) is 10.1 Å². The van der Waals surface area contributed by atoms with Crippen molar-refractivity contribution in [2.45, 2.75) is 26.4 Å². The zero-order valence-electron chi connectivity index (χ0n) is 11.2. The summed E-state index contributed by atoms with van der Waals surface area (Å²) in [4.78, 5) is 10.6. The van der Waals surface area contributed by atoms with Gasteiger partial charge in [0.1, 0.15) is 5.69 Å². The quantitative estimate of drug-likeness (QED) is 0.665. The molecule has 0 spiro atoms. The Balaban J connectivity index is 2.12. The van der Waals surface area contributed by atoms with E-state index in [1.165, 1.54) is 6.07 Å². The van der Waals surface area contributed by atoms with Gasteiger partial charge in [0, 0.05) is 34.9 Å². The Bertz CT molecular complexity index is 625. The van der Waals surface area contributed by atoms with E-state index in [-0.39, 0.29) is 5.69 Å². The Morgan fingerprint density at radius 3 is 2.85 bits per heavy atom. The zero-order valence-corrected chi connectivity index (χ0v) is 12.8. The SMILES string of the molecule is CC(C)n1cc(CNc2ccc(Br)cc2[N+](=O)[O-])cn1. The zero-order chi connectivity index (χ0) is 14.7. The van der Waals surface area contributed by atoms with Gasteiger partial charge in [0.05, 0.1) is 11.1 Å². The molecule has 0 aliphatic rings. The lowest BCUT2D eigenvalue weighted by Crippen LogP contribution is -2.03. The molecule has 0 radical (unpaired) electrons. The summed E-state index contributed by atoms with van der Waals surface area (Å²) in [5.41, 5.74) is 1.53. The lowest BCUT2D eigenvalue weighted by molar-refractivity contribution is -0.384. The van der Waals surface area contributed by atoms with Crippen molar-refractivity contribution in [3.8, 4) is 0 Å². The number of hydrogen-bond donors (Lipinski definition) is 1. The number of halogens is 1. The molecule has 1 N–H and O–H groups in total. The molecule has 0 aliphatic carbocycles. The van der Waals surface area contributed by atoms with E-state index in [4.69, 9.17) is 0 Å². The van der Waals surface area contributed by atoms with E-state index in [1.807, 2.05) is 24.7 Å². The third kappa shape index (κ3) is 3.36. The van der Waals surface area contributed by atoms with Gasteiger partial charge in [-0.15, -0.1) is 0 Å². The van der Waals surface area contributed by atoms with Crippen molar-refractivity contribution in [3.63, 3.8) is 0 Å². The van der Waals surface area contributed by atoms with E-state index < -0.39 is 4.92 Å². The molecule has 0 saturated carbocycles. The minimum Gasteiger partial charge on any atom is -0.375 e. The molecule has 106 valence electrons. The van der Waals surface area contributed by atoms with Crippen LogP contribution in [0.25, 0.3) is 0 Å². The highest BCUT2D eigenvalue weighted by Crippen LogP contribution is 2.28. The van der Waals surface area contributed by atoms with Crippen LogP contribution in [0.4, 0.5) is 11.4 Å². The summed E-state index contributed by atoms with van der Waals surface area (Å²) in [5, 5.41) is 18.3. The second-order valence-corrected chi connectivity index (χ2v) is 5.61. The molecule has 6 nitrogen and oxygen atoms in total. The van der Waals surface area contributed by atoms with Crippen molar-refractivity contribution in [1.29, 1.82) is 0 Å². The first kappa shape index (κ1) is 14.5. The first-order chi connectivity index (χ1) is 9.47. The third-order valence-electron chi connectivity index (χ3n) is 2.82. The predicted molar refractivity (Wildman–Crippen MR) is 80.7 cm³/mol.